The highest BCUT2D eigenvalue weighted by Crippen LogP contribution is 2.39. The highest BCUT2D eigenvalue weighted by molar-refractivity contribution is 9.10. The first-order valence-corrected chi connectivity index (χ1v) is 14.0. The predicted molar refractivity (Wildman–Crippen MR) is 152 cm³/mol. The van der Waals surface area contributed by atoms with Crippen LogP contribution in [0.15, 0.2) is 53.0 Å². The van der Waals surface area contributed by atoms with Gasteiger partial charge in [-0.25, -0.2) is 0 Å². The third-order valence-electron chi connectivity index (χ3n) is 6.82. The van der Waals surface area contributed by atoms with Gasteiger partial charge >= 0.3 is 5.97 Å². The normalized spacial score (nSPS) is 16.5. The summed E-state index contributed by atoms with van der Waals surface area (Å²) < 4.78 is 24.0. The lowest BCUT2D eigenvalue weighted by Crippen LogP contribution is -2.35. The van der Waals surface area contributed by atoms with Gasteiger partial charge in [0.15, 0.2) is 18.1 Å². The van der Waals surface area contributed by atoms with Crippen LogP contribution in [0.25, 0.3) is 11.1 Å². The van der Waals surface area contributed by atoms with Gasteiger partial charge < -0.3 is 29.8 Å². The zero-order valence-electron chi connectivity index (χ0n) is 21.5. The molecule has 1 atom stereocenters. The monoisotopic (exact) mass is 630 g/mol. The molecule has 5 rings (SSSR count). The van der Waals surface area contributed by atoms with Crippen molar-refractivity contribution < 1.29 is 33.6 Å². The molecule has 40 heavy (non-hydrogen) atoms. The molecule has 1 fully saturated rings. The number of likely N-dealkylation sites (tertiary alicyclic amines) is 1. The molecule has 3 N–H and O–H groups in total. The average Bonchev–Trinajstić information content (AvgIpc) is 3.41. The average molecular weight is 632 g/mol. The number of fused-ring (bicyclic) bond motifs is 1. The van der Waals surface area contributed by atoms with E-state index in [0.29, 0.717) is 60.6 Å². The van der Waals surface area contributed by atoms with E-state index >= 15 is 0 Å². The topological polar surface area (TPSA) is 121 Å². The first-order chi connectivity index (χ1) is 19.3. The van der Waals surface area contributed by atoms with Crippen molar-refractivity contribution in [2.24, 2.45) is 5.73 Å². The Bertz CT molecular complexity index is 1430. The second kappa shape index (κ2) is 12.4. The van der Waals surface area contributed by atoms with E-state index in [-0.39, 0.29) is 13.2 Å². The Kier molecular flexibility index (Phi) is 8.68. The van der Waals surface area contributed by atoms with Crippen LogP contribution in [0.2, 0.25) is 5.02 Å². The van der Waals surface area contributed by atoms with E-state index in [1.165, 1.54) is 0 Å². The number of carbonyl (C=O) groups excluding carboxylic acids is 1. The highest BCUT2D eigenvalue weighted by Gasteiger charge is 2.31. The molecule has 2 heterocycles. The second-order valence-corrected chi connectivity index (χ2v) is 10.7. The molecule has 0 spiro atoms. The van der Waals surface area contributed by atoms with Crippen LogP contribution in [0.1, 0.15) is 24.0 Å². The molecule has 3 aromatic rings. The summed E-state index contributed by atoms with van der Waals surface area (Å²) in [5.41, 5.74) is 8.76. The number of primary amides is 1. The van der Waals surface area contributed by atoms with Gasteiger partial charge in [0.2, 0.25) is 0 Å². The number of carbonyl (C=O) groups is 2. The number of aliphatic carboxylic acids is 1. The molecular weight excluding hydrogens is 604 g/mol. The Morgan fingerprint density at radius 2 is 1.85 bits per heavy atom. The number of ether oxygens (including phenoxy) is 4. The number of carboxylic acid groups (broad SMARTS) is 1. The van der Waals surface area contributed by atoms with Crippen molar-refractivity contribution >= 4 is 39.4 Å². The largest absolute Gasteiger partial charge is 0.487 e. The lowest BCUT2D eigenvalue weighted by molar-refractivity contribution is -0.142. The van der Waals surface area contributed by atoms with Crippen molar-refractivity contribution in [3.05, 3.63) is 69.2 Å². The number of carboxylic acids is 1. The maximum absolute atomic E-state index is 11.7. The quantitative estimate of drug-likeness (QED) is 0.320. The third kappa shape index (κ3) is 6.29. The zero-order valence-corrected chi connectivity index (χ0v) is 23.9. The van der Waals surface area contributed by atoms with E-state index < -0.39 is 17.9 Å². The van der Waals surface area contributed by atoms with E-state index in [4.69, 9.17) is 36.3 Å². The van der Waals surface area contributed by atoms with Crippen molar-refractivity contribution in [3.8, 4) is 34.1 Å². The van der Waals surface area contributed by atoms with Gasteiger partial charge in [0, 0.05) is 28.2 Å². The Hall–Kier alpha value is -3.47. The first kappa shape index (κ1) is 28.1. The van der Waals surface area contributed by atoms with Gasteiger partial charge in [-0.2, -0.15) is 0 Å². The van der Waals surface area contributed by atoms with E-state index in [2.05, 4.69) is 15.9 Å². The van der Waals surface area contributed by atoms with Crippen LogP contribution in [-0.4, -0.2) is 54.3 Å². The van der Waals surface area contributed by atoms with Gasteiger partial charge in [0.05, 0.1) is 5.02 Å². The third-order valence-corrected chi connectivity index (χ3v) is 8.05. The Morgan fingerprint density at radius 3 is 2.62 bits per heavy atom. The molecular formula is C29H28BrClN2O7. The van der Waals surface area contributed by atoms with E-state index in [0.717, 1.165) is 33.3 Å². The van der Waals surface area contributed by atoms with Gasteiger partial charge in [-0.05, 0) is 64.6 Å². The number of nitrogens with zero attached hydrogens (tertiary/aromatic N) is 1. The van der Waals surface area contributed by atoms with E-state index in [9.17, 15) is 14.7 Å². The van der Waals surface area contributed by atoms with Crippen molar-refractivity contribution in [1.82, 2.24) is 4.90 Å². The van der Waals surface area contributed by atoms with Gasteiger partial charge in [-0.3, -0.25) is 14.5 Å². The minimum atomic E-state index is -0.868. The van der Waals surface area contributed by atoms with Gasteiger partial charge in [0.1, 0.15) is 37.4 Å². The van der Waals surface area contributed by atoms with Crippen molar-refractivity contribution in [3.63, 3.8) is 0 Å². The zero-order chi connectivity index (χ0) is 28.2. The van der Waals surface area contributed by atoms with Crippen LogP contribution in [0.4, 0.5) is 0 Å². The second-order valence-electron chi connectivity index (χ2n) is 9.54. The fourth-order valence-electron chi connectivity index (χ4n) is 4.89. The number of nitrogens with two attached hydrogens (primary N) is 1. The number of amides is 1. The van der Waals surface area contributed by atoms with Crippen LogP contribution in [0, 0.1) is 0 Å². The molecule has 9 nitrogen and oxygen atoms in total. The number of hydrogen-bond acceptors (Lipinski definition) is 7. The van der Waals surface area contributed by atoms with Gasteiger partial charge in [0.25, 0.3) is 5.91 Å². The number of rotatable bonds is 10. The van der Waals surface area contributed by atoms with Crippen molar-refractivity contribution in [2.75, 3.05) is 26.4 Å². The van der Waals surface area contributed by atoms with Crippen LogP contribution in [0.3, 0.4) is 0 Å². The summed E-state index contributed by atoms with van der Waals surface area (Å²) in [5.74, 6) is 0.647. The molecule has 1 saturated heterocycles. The molecule has 1 amide bonds. The Morgan fingerprint density at radius 1 is 1.05 bits per heavy atom. The number of hydrogen-bond donors (Lipinski definition) is 2. The lowest BCUT2D eigenvalue weighted by atomic mass is 10.0. The van der Waals surface area contributed by atoms with E-state index in [1.54, 1.807) is 12.1 Å². The lowest BCUT2D eigenvalue weighted by Gasteiger charge is -2.23. The fraction of sp³-hybridized carbons (Fsp3) is 0.310. The molecule has 3 aromatic carbocycles. The minimum Gasteiger partial charge on any atom is -0.487 e. The maximum Gasteiger partial charge on any atom is 0.320 e. The molecule has 0 aliphatic carbocycles. The summed E-state index contributed by atoms with van der Waals surface area (Å²) in [6.07, 6.45) is 1.35. The molecule has 0 radical (unpaired) electrons. The molecule has 0 bridgehead atoms. The number of halogens is 2. The van der Waals surface area contributed by atoms with Crippen LogP contribution < -0.4 is 24.7 Å². The van der Waals surface area contributed by atoms with Crippen molar-refractivity contribution in [2.45, 2.75) is 32.0 Å². The summed E-state index contributed by atoms with van der Waals surface area (Å²) in [6.45, 7) is 1.83. The maximum atomic E-state index is 11.7. The molecule has 2 aliphatic heterocycles. The summed E-state index contributed by atoms with van der Waals surface area (Å²) >= 11 is 10.3. The summed E-state index contributed by atoms with van der Waals surface area (Å²) in [6, 6.07) is 14.4. The molecule has 2 aliphatic rings. The van der Waals surface area contributed by atoms with Gasteiger partial charge in [-0.15, -0.1) is 0 Å². The Labute approximate surface area is 244 Å². The van der Waals surface area contributed by atoms with Crippen LogP contribution in [0.5, 0.6) is 23.0 Å². The van der Waals surface area contributed by atoms with Crippen LogP contribution >= 0.6 is 27.5 Å². The fourth-order valence-corrected chi connectivity index (χ4v) is 5.74. The van der Waals surface area contributed by atoms with Gasteiger partial charge in [-0.1, -0.05) is 35.9 Å². The minimum absolute atomic E-state index is 0.195. The van der Waals surface area contributed by atoms with Crippen LogP contribution in [-0.2, 0) is 22.7 Å². The summed E-state index contributed by atoms with van der Waals surface area (Å²) in [5, 5.41) is 9.89. The molecule has 210 valence electrons. The SMILES string of the molecule is NC(=O)COc1cc(OCc2cccc(-c3ccc4c(c3)OCCO4)c2Br)c(Cl)cc1CN1CCC[C@H]1C(=O)O. The Balaban J connectivity index is 1.37. The number of benzene rings is 3. The molecule has 11 heteroatoms. The molecule has 0 aromatic heterocycles. The smallest absolute Gasteiger partial charge is 0.320 e. The standard InChI is InChI=1S/C29H28BrClN2O7/c30-28-18(3-1-4-20(28)17-6-7-23-26(12-17)38-10-9-37-23)15-39-25-13-24(40-16-27(32)34)19(11-21(25)31)14-33-8-2-5-22(33)29(35)36/h1,3-4,6-7,11-13,22H,2,5,8-10,14-16H2,(H2,32,34)(H,35,36)/t22-/m0/s1. The highest BCUT2D eigenvalue weighted by atomic mass is 79.9. The van der Waals surface area contributed by atoms with Crippen molar-refractivity contribution in [1.29, 1.82) is 0 Å². The molecule has 0 saturated carbocycles. The summed E-state index contributed by atoms with van der Waals surface area (Å²) in [4.78, 5) is 24.9. The predicted octanol–water partition coefficient (Wildman–Crippen LogP) is 5.03. The summed E-state index contributed by atoms with van der Waals surface area (Å²) in [7, 11) is 0. The van der Waals surface area contributed by atoms with E-state index in [1.807, 2.05) is 41.3 Å². The molecule has 0 unspecified atom stereocenters. The first-order valence-electron chi connectivity index (χ1n) is 12.8.